The quantitative estimate of drug-likeness (QED) is 0.163. The Kier molecular flexibility index (Phi) is 10.2. The Morgan fingerprint density at radius 3 is 2.10 bits per heavy atom. The lowest BCUT2D eigenvalue weighted by Gasteiger charge is -2.44. The molecule has 1 amide bonds. The highest BCUT2D eigenvalue weighted by molar-refractivity contribution is 6.39. The van der Waals surface area contributed by atoms with Gasteiger partial charge in [0.1, 0.15) is 11.4 Å². The van der Waals surface area contributed by atoms with Gasteiger partial charge in [-0.3, -0.25) is 19.7 Å². The van der Waals surface area contributed by atoms with Crippen LogP contribution in [0.4, 0.5) is 0 Å². The van der Waals surface area contributed by atoms with Crippen LogP contribution < -0.4 is 14.8 Å². The van der Waals surface area contributed by atoms with Crippen LogP contribution in [-0.2, 0) is 17.8 Å². The van der Waals surface area contributed by atoms with Crippen molar-refractivity contribution in [2.45, 2.75) is 64.0 Å². The highest BCUT2D eigenvalue weighted by Gasteiger charge is 2.48. The van der Waals surface area contributed by atoms with Gasteiger partial charge in [-0.15, -0.1) is 0 Å². The number of methoxy groups -OCH3 is 2. The number of nitrogens with one attached hydrogen (secondary N) is 1. The SMILES string of the molecule is COc1nc(-c2cccc(-c3cccc(-c4cnc(CN5CCC6(CC(CO)C6)C5)c(OC)n4)c3Cl)c2Cl)cnc1CCC[C@@H]1CCC(=O)N1. The number of ether oxygens (including phenoxy) is 2. The molecule has 12 heteroatoms. The molecule has 2 saturated heterocycles. The fraction of sp³-hybridized carbons (Fsp3) is 0.447. The maximum atomic E-state index is 11.5. The van der Waals surface area contributed by atoms with Crippen molar-refractivity contribution in [3.63, 3.8) is 0 Å². The van der Waals surface area contributed by atoms with E-state index in [1.165, 1.54) is 0 Å². The fourth-order valence-electron chi connectivity index (χ4n) is 7.95. The second-order valence-corrected chi connectivity index (χ2v) is 14.6. The monoisotopic (exact) mass is 716 g/mol. The summed E-state index contributed by atoms with van der Waals surface area (Å²) in [6.45, 7) is 2.96. The highest BCUT2D eigenvalue weighted by Crippen LogP contribution is 2.52. The minimum absolute atomic E-state index is 0.126. The van der Waals surface area contributed by atoms with Gasteiger partial charge in [0.05, 0.1) is 48.0 Å². The van der Waals surface area contributed by atoms with Crippen molar-refractivity contribution in [2.75, 3.05) is 33.9 Å². The molecule has 1 aliphatic carbocycles. The molecule has 0 unspecified atom stereocenters. The molecule has 0 bridgehead atoms. The number of aliphatic hydroxyl groups is 1. The van der Waals surface area contributed by atoms with E-state index < -0.39 is 0 Å². The summed E-state index contributed by atoms with van der Waals surface area (Å²) in [7, 11) is 3.21. The van der Waals surface area contributed by atoms with Crippen molar-refractivity contribution < 1.29 is 19.4 Å². The van der Waals surface area contributed by atoms with Crippen molar-refractivity contribution in [3.05, 3.63) is 70.2 Å². The number of carbonyl (C=O) groups is 1. The molecule has 1 spiro atoms. The largest absolute Gasteiger partial charge is 0.480 e. The van der Waals surface area contributed by atoms with Gasteiger partial charge in [-0.05, 0) is 62.8 Å². The summed E-state index contributed by atoms with van der Waals surface area (Å²) in [6.07, 6.45) is 10.8. The summed E-state index contributed by atoms with van der Waals surface area (Å²) in [5.41, 5.74) is 6.01. The third-order valence-electron chi connectivity index (χ3n) is 10.5. The van der Waals surface area contributed by atoms with Gasteiger partial charge < -0.3 is 19.9 Å². The standard InChI is InChI=1S/C38H42Cl2N6O4/c1-49-36-29(11-3-6-24-12-13-33(48)43-24)41-18-30(44-36)27-9-4-7-25(34(27)39)26-8-5-10-28(35(26)40)31-19-42-32(37(45-31)50-2)20-46-15-14-38(22-46)16-23(17-38)21-47/h4-5,7-10,18-19,23-24,47H,3,6,11-17,20-22H2,1-2H3,(H,43,48)/t23?,24-,38?/m1/s1. The van der Waals surface area contributed by atoms with Crippen LogP contribution in [0.25, 0.3) is 33.6 Å². The zero-order chi connectivity index (χ0) is 34.8. The zero-order valence-corrected chi connectivity index (χ0v) is 29.9. The number of halogens is 2. The van der Waals surface area contributed by atoms with Crippen molar-refractivity contribution >= 4 is 29.1 Å². The molecule has 3 fully saturated rings. The Bertz CT molecular complexity index is 1880. The van der Waals surface area contributed by atoms with E-state index in [1.807, 2.05) is 36.4 Å². The minimum atomic E-state index is 0.126. The summed E-state index contributed by atoms with van der Waals surface area (Å²) in [5, 5.41) is 13.5. The van der Waals surface area contributed by atoms with Crippen molar-refractivity contribution in [1.29, 1.82) is 0 Å². The number of aromatic nitrogens is 4. The van der Waals surface area contributed by atoms with Gasteiger partial charge in [0, 0.05) is 54.4 Å². The smallest absolute Gasteiger partial charge is 0.237 e. The van der Waals surface area contributed by atoms with E-state index in [2.05, 4.69) is 10.2 Å². The third-order valence-corrected chi connectivity index (χ3v) is 11.3. The molecule has 1 atom stereocenters. The Balaban J connectivity index is 1.09. The van der Waals surface area contributed by atoms with Gasteiger partial charge in [0.15, 0.2) is 0 Å². The molecule has 2 aliphatic heterocycles. The maximum Gasteiger partial charge on any atom is 0.237 e. The van der Waals surface area contributed by atoms with Crippen molar-refractivity contribution in [1.82, 2.24) is 30.2 Å². The van der Waals surface area contributed by atoms with Crippen LogP contribution in [0, 0.1) is 11.3 Å². The lowest BCUT2D eigenvalue weighted by molar-refractivity contribution is -0.119. The lowest BCUT2D eigenvalue weighted by atomic mass is 9.62. The third kappa shape index (κ3) is 7.04. The molecular weight excluding hydrogens is 675 g/mol. The van der Waals surface area contributed by atoms with E-state index in [-0.39, 0.29) is 18.6 Å². The van der Waals surface area contributed by atoms with E-state index in [0.717, 1.165) is 79.7 Å². The van der Waals surface area contributed by atoms with E-state index in [0.29, 0.717) is 69.5 Å². The van der Waals surface area contributed by atoms with Gasteiger partial charge >= 0.3 is 0 Å². The normalized spacial score (nSPS) is 21.7. The number of aliphatic hydroxyl groups excluding tert-OH is 1. The number of carbonyl (C=O) groups excluding carboxylic acids is 1. The van der Waals surface area contributed by atoms with Gasteiger partial charge in [-0.1, -0.05) is 59.6 Å². The topological polar surface area (TPSA) is 123 Å². The number of benzene rings is 2. The van der Waals surface area contributed by atoms with Crippen LogP contribution in [0.1, 0.15) is 56.3 Å². The first-order valence-corrected chi connectivity index (χ1v) is 18.1. The molecular formula is C38H42Cl2N6O4. The number of amides is 1. The highest BCUT2D eigenvalue weighted by atomic mass is 35.5. The summed E-state index contributed by atoms with van der Waals surface area (Å²) in [4.78, 5) is 33.1. The van der Waals surface area contributed by atoms with E-state index in [9.17, 15) is 9.90 Å². The molecule has 7 rings (SSSR count). The van der Waals surface area contributed by atoms with Gasteiger partial charge in [-0.25, -0.2) is 9.97 Å². The molecule has 2 N–H and O–H groups in total. The number of hydrogen-bond donors (Lipinski definition) is 2. The first-order valence-electron chi connectivity index (χ1n) is 17.3. The lowest BCUT2D eigenvalue weighted by Crippen LogP contribution is -2.41. The van der Waals surface area contributed by atoms with Gasteiger partial charge in [-0.2, -0.15) is 0 Å². The second kappa shape index (κ2) is 14.8. The van der Waals surface area contributed by atoms with E-state index in [1.54, 1.807) is 26.6 Å². The summed E-state index contributed by atoms with van der Waals surface area (Å²) < 4.78 is 11.4. The van der Waals surface area contributed by atoms with Crippen LogP contribution >= 0.6 is 23.2 Å². The molecule has 3 aliphatic rings. The van der Waals surface area contributed by atoms with Crippen LogP contribution in [-0.4, -0.2) is 75.8 Å². The number of hydrogen-bond acceptors (Lipinski definition) is 9. The molecule has 10 nitrogen and oxygen atoms in total. The average molecular weight is 718 g/mol. The van der Waals surface area contributed by atoms with E-state index >= 15 is 0 Å². The predicted octanol–water partition coefficient (Wildman–Crippen LogP) is 6.79. The first-order chi connectivity index (χ1) is 24.3. The predicted molar refractivity (Wildman–Crippen MR) is 193 cm³/mol. The van der Waals surface area contributed by atoms with Gasteiger partial charge in [0.2, 0.25) is 17.7 Å². The summed E-state index contributed by atoms with van der Waals surface area (Å²) in [6, 6.07) is 11.8. The first kappa shape index (κ1) is 34.6. The number of aryl methyl sites for hydroxylation is 1. The molecule has 2 aromatic carbocycles. The van der Waals surface area contributed by atoms with Crippen molar-refractivity contribution in [2.24, 2.45) is 11.3 Å². The zero-order valence-electron chi connectivity index (χ0n) is 28.4. The molecule has 0 radical (unpaired) electrons. The molecule has 1 saturated carbocycles. The number of rotatable bonds is 12. The van der Waals surface area contributed by atoms with Crippen molar-refractivity contribution in [3.8, 4) is 45.4 Å². The Labute approximate surface area is 302 Å². The minimum Gasteiger partial charge on any atom is -0.480 e. The molecule has 2 aromatic heterocycles. The van der Waals surface area contributed by atoms with Crippen LogP contribution in [0.15, 0.2) is 48.8 Å². The van der Waals surface area contributed by atoms with Crippen LogP contribution in [0.2, 0.25) is 10.0 Å². The maximum absolute atomic E-state index is 11.5. The Morgan fingerprint density at radius 1 is 0.920 bits per heavy atom. The molecule has 4 aromatic rings. The summed E-state index contributed by atoms with van der Waals surface area (Å²) in [5.74, 6) is 1.51. The van der Waals surface area contributed by atoms with Crippen LogP contribution in [0.3, 0.4) is 0 Å². The summed E-state index contributed by atoms with van der Waals surface area (Å²) >= 11 is 14.2. The molecule has 4 heterocycles. The van der Waals surface area contributed by atoms with E-state index in [4.69, 9.17) is 52.6 Å². The Morgan fingerprint density at radius 2 is 1.52 bits per heavy atom. The number of likely N-dealkylation sites (tertiary alicyclic amines) is 1. The van der Waals surface area contributed by atoms with Gasteiger partial charge in [0.25, 0.3) is 0 Å². The Hall–Kier alpha value is -3.83. The van der Waals surface area contributed by atoms with Crippen LogP contribution in [0.5, 0.6) is 11.8 Å². The average Bonchev–Trinajstić information content (AvgIpc) is 3.74. The molecule has 262 valence electrons. The fourth-order valence-corrected chi connectivity index (χ4v) is 8.60. The molecule has 50 heavy (non-hydrogen) atoms. The second-order valence-electron chi connectivity index (χ2n) is 13.9. The number of nitrogens with zero attached hydrogens (tertiary/aromatic N) is 5.